The Morgan fingerprint density at radius 3 is 1.61 bits per heavy atom. The zero-order valence-corrected chi connectivity index (χ0v) is 21.0. The molecule has 0 saturated heterocycles. The number of hydrogen-bond donors (Lipinski definition) is 0. The van der Waals surface area contributed by atoms with Crippen molar-refractivity contribution < 1.29 is 4.42 Å². The highest BCUT2D eigenvalue weighted by atomic mass is 16.3. The summed E-state index contributed by atoms with van der Waals surface area (Å²) < 4.78 is 6.22. The molecule has 38 heavy (non-hydrogen) atoms. The standard InChI is InChI=1S/C37H24O/c1-23-21-35-33(26-14-8-9-20-34(26)38-35)22-32(23)37-30-17-6-4-15-28(30)36(29-16-5-7-18-31(29)37)27-19-10-12-24-11-2-3-13-25(24)27/h2-22H,1H3. The lowest BCUT2D eigenvalue weighted by molar-refractivity contribution is 0.668. The van der Waals surface area contributed by atoms with Crippen LogP contribution < -0.4 is 0 Å². The summed E-state index contributed by atoms with van der Waals surface area (Å²) in [4.78, 5) is 0. The normalized spacial score (nSPS) is 11.8. The molecule has 1 heterocycles. The molecule has 0 atom stereocenters. The van der Waals surface area contributed by atoms with Crippen LogP contribution in [-0.2, 0) is 0 Å². The SMILES string of the molecule is Cc1cc2oc3ccccc3c2cc1-c1c2ccccc2c(-c2cccc3ccccc23)c2ccccc12. The molecule has 7 aromatic carbocycles. The quantitative estimate of drug-likeness (QED) is 0.222. The first-order chi connectivity index (χ1) is 18.8. The fourth-order valence-electron chi connectivity index (χ4n) is 6.29. The first-order valence-corrected chi connectivity index (χ1v) is 13.1. The highest BCUT2D eigenvalue weighted by molar-refractivity contribution is 6.24. The van der Waals surface area contributed by atoms with Gasteiger partial charge in [-0.25, -0.2) is 0 Å². The summed E-state index contributed by atoms with van der Waals surface area (Å²) in [5, 5.41) is 9.94. The van der Waals surface area contributed by atoms with E-state index in [1.807, 2.05) is 12.1 Å². The van der Waals surface area contributed by atoms with Gasteiger partial charge < -0.3 is 4.42 Å². The van der Waals surface area contributed by atoms with Crippen molar-refractivity contribution in [1.82, 2.24) is 0 Å². The Hall–Kier alpha value is -4.88. The predicted octanol–water partition coefficient (Wildman–Crippen LogP) is 10.7. The third-order valence-electron chi connectivity index (χ3n) is 7.98. The van der Waals surface area contributed by atoms with Crippen molar-refractivity contribution in [2.75, 3.05) is 0 Å². The van der Waals surface area contributed by atoms with Crippen LogP contribution in [-0.4, -0.2) is 0 Å². The van der Waals surface area contributed by atoms with E-state index in [4.69, 9.17) is 4.42 Å². The largest absolute Gasteiger partial charge is 0.456 e. The van der Waals surface area contributed by atoms with Crippen molar-refractivity contribution >= 4 is 54.3 Å². The highest BCUT2D eigenvalue weighted by Crippen LogP contribution is 2.46. The maximum atomic E-state index is 6.22. The van der Waals surface area contributed by atoms with E-state index in [9.17, 15) is 0 Å². The molecular weight excluding hydrogens is 460 g/mol. The van der Waals surface area contributed by atoms with E-state index in [0.717, 1.165) is 21.9 Å². The molecule has 0 bridgehead atoms. The van der Waals surface area contributed by atoms with E-state index in [2.05, 4.69) is 122 Å². The lowest BCUT2D eigenvalue weighted by atomic mass is 9.83. The molecule has 8 rings (SSSR count). The van der Waals surface area contributed by atoms with Gasteiger partial charge in [-0.1, -0.05) is 109 Å². The lowest BCUT2D eigenvalue weighted by Gasteiger charge is -2.19. The number of benzene rings is 7. The van der Waals surface area contributed by atoms with E-state index in [1.54, 1.807) is 0 Å². The molecular formula is C37H24O. The number of para-hydroxylation sites is 1. The van der Waals surface area contributed by atoms with E-state index in [1.165, 1.54) is 60.1 Å². The summed E-state index contributed by atoms with van der Waals surface area (Å²) in [6.07, 6.45) is 0. The summed E-state index contributed by atoms with van der Waals surface area (Å²) in [5.74, 6) is 0. The van der Waals surface area contributed by atoms with Gasteiger partial charge in [0.2, 0.25) is 0 Å². The monoisotopic (exact) mass is 484 g/mol. The van der Waals surface area contributed by atoms with Crippen LogP contribution in [0.1, 0.15) is 5.56 Å². The van der Waals surface area contributed by atoms with Gasteiger partial charge in [0.05, 0.1) is 0 Å². The minimum Gasteiger partial charge on any atom is -0.456 e. The fraction of sp³-hybridized carbons (Fsp3) is 0.0270. The van der Waals surface area contributed by atoms with Gasteiger partial charge in [0.25, 0.3) is 0 Å². The van der Waals surface area contributed by atoms with Crippen molar-refractivity contribution in [3.05, 3.63) is 133 Å². The Kier molecular flexibility index (Phi) is 4.50. The predicted molar refractivity (Wildman–Crippen MR) is 162 cm³/mol. The van der Waals surface area contributed by atoms with Crippen molar-refractivity contribution in [3.63, 3.8) is 0 Å². The zero-order valence-electron chi connectivity index (χ0n) is 21.0. The average Bonchev–Trinajstić information content (AvgIpc) is 3.32. The Morgan fingerprint density at radius 1 is 0.395 bits per heavy atom. The molecule has 0 N–H and O–H groups in total. The van der Waals surface area contributed by atoms with Gasteiger partial charge in [0, 0.05) is 10.8 Å². The molecule has 0 aliphatic rings. The second kappa shape index (κ2) is 8.06. The third-order valence-corrected chi connectivity index (χ3v) is 7.98. The van der Waals surface area contributed by atoms with E-state index in [0.29, 0.717) is 0 Å². The molecule has 0 amide bonds. The van der Waals surface area contributed by atoms with Crippen LogP contribution in [0.4, 0.5) is 0 Å². The van der Waals surface area contributed by atoms with Crippen molar-refractivity contribution in [2.45, 2.75) is 6.92 Å². The van der Waals surface area contributed by atoms with E-state index >= 15 is 0 Å². The Labute approximate surface area is 220 Å². The molecule has 1 nitrogen and oxygen atoms in total. The van der Waals surface area contributed by atoms with Gasteiger partial charge in [-0.2, -0.15) is 0 Å². The maximum absolute atomic E-state index is 6.22. The topological polar surface area (TPSA) is 13.1 Å². The Morgan fingerprint density at radius 2 is 0.921 bits per heavy atom. The molecule has 0 aliphatic carbocycles. The van der Waals surface area contributed by atoms with Gasteiger partial charge in [-0.15, -0.1) is 0 Å². The summed E-state index contributed by atoms with van der Waals surface area (Å²) in [5.41, 5.74) is 8.18. The second-order valence-corrected chi connectivity index (χ2v) is 10.1. The molecule has 8 aromatic rings. The van der Waals surface area contributed by atoms with E-state index < -0.39 is 0 Å². The van der Waals surface area contributed by atoms with Gasteiger partial charge in [0.15, 0.2) is 0 Å². The first-order valence-electron chi connectivity index (χ1n) is 13.1. The Bertz CT molecular complexity index is 2130. The zero-order chi connectivity index (χ0) is 25.2. The number of aryl methyl sites for hydroxylation is 1. The van der Waals surface area contributed by atoms with Gasteiger partial charge in [-0.05, 0) is 85.3 Å². The minimum absolute atomic E-state index is 0.931. The smallest absolute Gasteiger partial charge is 0.135 e. The molecule has 1 heteroatoms. The van der Waals surface area contributed by atoms with E-state index in [-0.39, 0.29) is 0 Å². The third kappa shape index (κ3) is 2.99. The molecule has 1 aromatic heterocycles. The van der Waals surface area contributed by atoms with Crippen LogP contribution in [0.3, 0.4) is 0 Å². The second-order valence-electron chi connectivity index (χ2n) is 10.1. The van der Waals surface area contributed by atoms with Gasteiger partial charge in [0.1, 0.15) is 11.2 Å². The van der Waals surface area contributed by atoms with Crippen LogP contribution >= 0.6 is 0 Å². The number of rotatable bonds is 2. The van der Waals surface area contributed by atoms with Crippen LogP contribution in [0, 0.1) is 6.92 Å². The van der Waals surface area contributed by atoms with Crippen molar-refractivity contribution in [3.8, 4) is 22.3 Å². The molecule has 0 unspecified atom stereocenters. The Balaban J connectivity index is 1.54. The molecule has 0 radical (unpaired) electrons. The number of hydrogen-bond acceptors (Lipinski definition) is 1. The van der Waals surface area contributed by atoms with Crippen molar-refractivity contribution in [2.24, 2.45) is 0 Å². The van der Waals surface area contributed by atoms with Crippen molar-refractivity contribution in [1.29, 1.82) is 0 Å². The average molecular weight is 485 g/mol. The minimum atomic E-state index is 0.931. The summed E-state index contributed by atoms with van der Waals surface area (Å²) >= 11 is 0. The molecule has 178 valence electrons. The molecule has 0 aliphatic heterocycles. The highest BCUT2D eigenvalue weighted by Gasteiger charge is 2.20. The summed E-state index contributed by atoms with van der Waals surface area (Å²) in [6.45, 7) is 2.20. The summed E-state index contributed by atoms with van der Waals surface area (Å²) in [7, 11) is 0. The van der Waals surface area contributed by atoms with Crippen LogP contribution in [0.5, 0.6) is 0 Å². The van der Waals surface area contributed by atoms with Gasteiger partial charge >= 0.3 is 0 Å². The van der Waals surface area contributed by atoms with Crippen LogP contribution in [0.2, 0.25) is 0 Å². The molecule has 0 fully saturated rings. The first kappa shape index (κ1) is 21.2. The van der Waals surface area contributed by atoms with Crippen LogP contribution in [0.15, 0.2) is 132 Å². The lowest BCUT2D eigenvalue weighted by Crippen LogP contribution is -1.93. The fourth-order valence-corrected chi connectivity index (χ4v) is 6.29. The van der Waals surface area contributed by atoms with Crippen LogP contribution in [0.25, 0.3) is 76.5 Å². The number of furan rings is 1. The summed E-state index contributed by atoms with van der Waals surface area (Å²) in [6, 6.07) is 46.0. The maximum Gasteiger partial charge on any atom is 0.135 e. The molecule has 0 saturated carbocycles. The molecule has 0 spiro atoms. The number of fused-ring (bicyclic) bond motifs is 6. The van der Waals surface area contributed by atoms with Gasteiger partial charge in [-0.3, -0.25) is 0 Å².